The number of amides is 2. The monoisotopic (exact) mass is 353 g/mol. The highest BCUT2D eigenvalue weighted by Gasteiger charge is 2.19. The molecular weight excluding hydrogens is 330 g/mol. The fraction of sp³-hybridized carbons (Fsp3) is 0.250. The number of methoxy groups -OCH3 is 1. The average Bonchev–Trinajstić information content (AvgIpc) is 2.63. The standard InChI is InChI=1S/C20H23N3O3/c1-14-9-11-17(12-10-14)21-18(24)13-15(2)22-23-20(25)19(26-3)16-7-5-4-6-8-16/h4-12,19H,13H2,1-3H3,(H,21,24)(H,23,25). The quantitative estimate of drug-likeness (QED) is 0.592. The molecule has 1 unspecified atom stereocenters. The van der Waals surface area contributed by atoms with Crippen LogP contribution in [0, 0.1) is 6.92 Å². The molecule has 0 saturated heterocycles. The number of rotatable bonds is 7. The number of ether oxygens (including phenoxy) is 1. The Labute approximate surface area is 153 Å². The van der Waals surface area contributed by atoms with Crippen LogP contribution in [0.2, 0.25) is 0 Å². The summed E-state index contributed by atoms with van der Waals surface area (Å²) in [6.45, 7) is 3.66. The van der Waals surface area contributed by atoms with Crippen molar-refractivity contribution >= 4 is 23.2 Å². The van der Waals surface area contributed by atoms with Gasteiger partial charge in [0.1, 0.15) is 0 Å². The summed E-state index contributed by atoms with van der Waals surface area (Å²) in [5, 5.41) is 6.78. The van der Waals surface area contributed by atoms with Crippen LogP contribution in [0.5, 0.6) is 0 Å². The summed E-state index contributed by atoms with van der Waals surface area (Å²) in [5.41, 5.74) is 5.52. The van der Waals surface area contributed by atoms with Crippen LogP contribution in [0.4, 0.5) is 5.69 Å². The smallest absolute Gasteiger partial charge is 0.273 e. The first-order valence-electron chi connectivity index (χ1n) is 8.27. The lowest BCUT2D eigenvalue weighted by molar-refractivity contribution is -0.131. The van der Waals surface area contributed by atoms with E-state index in [2.05, 4.69) is 15.8 Å². The SMILES string of the molecule is COC(C(=O)NN=C(C)CC(=O)Nc1ccc(C)cc1)c1ccccc1. The Balaban J connectivity index is 1.89. The van der Waals surface area contributed by atoms with Gasteiger partial charge in [-0.05, 0) is 31.5 Å². The van der Waals surface area contributed by atoms with Crippen LogP contribution in [-0.2, 0) is 14.3 Å². The van der Waals surface area contributed by atoms with Gasteiger partial charge in [-0.3, -0.25) is 9.59 Å². The molecule has 2 N–H and O–H groups in total. The van der Waals surface area contributed by atoms with Crippen molar-refractivity contribution in [2.24, 2.45) is 5.10 Å². The molecule has 0 aliphatic rings. The lowest BCUT2D eigenvalue weighted by atomic mass is 10.1. The third-order valence-corrected chi connectivity index (χ3v) is 3.68. The van der Waals surface area contributed by atoms with Gasteiger partial charge < -0.3 is 10.1 Å². The Hall–Kier alpha value is -2.99. The predicted octanol–water partition coefficient (Wildman–Crippen LogP) is 3.20. The topological polar surface area (TPSA) is 79.8 Å². The van der Waals surface area contributed by atoms with Crippen molar-refractivity contribution in [2.45, 2.75) is 26.4 Å². The maximum absolute atomic E-state index is 12.2. The minimum atomic E-state index is -0.755. The number of hydrogen-bond donors (Lipinski definition) is 2. The van der Waals surface area contributed by atoms with Crippen molar-refractivity contribution in [1.29, 1.82) is 0 Å². The van der Waals surface area contributed by atoms with Crippen LogP contribution in [0.3, 0.4) is 0 Å². The number of hydrogen-bond acceptors (Lipinski definition) is 4. The van der Waals surface area contributed by atoms with Crippen LogP contribution in [-0.4, -0.2) is 24.6 Å². The molecule has 0 aliphatic heterocycles. The molecule has 0 bridgehead atoms. The molecule has 0 saturated carbocycles. The number of anilines is 1. The van der Waals surface area contributed by atoms with Crippen LogP contribution in [0.1, 0.15) is 30.6 Å². The van der Waals surface area contributed by atoms with E-state index in [1.807, 2.05) is 49.4 Å². The molecule has 0 spiro atoms. The van der Waals surface area contributed by atoms with E-state index in [4.69, 9.17) is 4.74 Å². The third-order valence-electron chi connectivity index (χ3n) is 3.68. The second kappa shape index (κ2) is 9.48. The van der Waals surface area contributed by atoms with E-state index in [-0.39, 0.29) is 12.3 Å². The van der Waals surface area contributed by atoms with Crippen LogP contribution in [0.15, 0.2) is 59.7 Å². The lowest BCUT2D eigenvalue weighted by Gasteiger charge is -2.14. The highest BCUT2D eigenvalue weighted by molar-refractivity contribution is 6.05. The first-order chi connectivity index (χ1) is 12.5. The van der Waals surface area contributed by atoms with Crippen molar-refractivity contribution in [3.63, 3.8) is 0 Å². The summed E-state index contributed by atoms with van der Waals surface area (Å²) in [5.74, 6) is -0.590. The van der Waals surface area contributed by atoms with E-state index in [0.717, 1.165) is 16.8 Å². The predicted molar refractivity (Wildman–Crippen MR) is 102 cm³/mol. The van der Waals surface area contributed by atoms with Crippen LogP contribution >= 0.6 is 0 Å². The van der Waals surface area contributed by atoms with Crippen molar-refractivity contribution < 1.29 is 14.3 Å². The maximum Gasteiger partial charge on any atom is 0.273 e. The molecule has 2 aromatic rings. The molecule has 136 valence electrons. The summed E-state index contributed by atoms with van der Waals surface area (Å²) in [4.78, 5) is 24.3. The molecule has 0 fully saturated rings. The molecule has 6 nitrogen and oxygen atoms in total. The van der Waals surface area contributed by atoms with E-state index in [9.17, 15) is 9.59 Å². The van der Waals surface area contributed by atoms with Crippen LogP contribution < -0.4 is 10.7 Å². The van der Waals surface area contributed by atoms with E-state index >= 15 is 0 Å². The second-order valence-corrected chi connectivity index (χ2v) is 5.94. The molecule has 2 amide bonds. The number of nitrogens with zero attached hydrogens (tertiary/aromatic N) is 1. The molecular formula is C20H23N3O3. The van der Waals surface area contributed by atoms with E-state index in [1.54, 1.807) is 19.1 Å². The fourth-order valence-electron chi connectivity index (χ4n) is 2.35. The van der Waals surface area contributed by atoms with Gasteiger partial charge in [-0.2, -0.15) is 5.10 Å². The largest absolute Gasteiger partial charge is 0.367 e. The maximum atomic E-state index is 12.2. The first-order valence-corrected chi connectivity index (χ1v) is 8.27. The highest BCUT2D eigenvalue weighted by atomic mass is 16.5. The Morgan fingerprint density at radius 1 is 1.08 bits per heavy atom. The normalized spacial score (nSPS) is 12.3. The van der Waals surface area contributed by atoms with E-state index in [1.165, 1.54) is 7.11 Å². The number of carbonyl (C=O) groups is 2. The van der Waals surface area contributed by atoms with Gasteiger partial charge >= 0.3 is 0 Å². The molecule has 2 aromatic carbocycles. The van der Waals surface area contributed by atoms with Crippen molar-refractivity contribution in [3.05, 3.63) is 65.7 Å². The fourth-order valence-corrected chi connectivity index (χ4v) is 2.35. The average molecular weight is 353 g/mol. The van der Waals surface area contributed by atoms with Crippen molar-refractivity contribution in [2.75, 3.05) is 12.4 Å². The van der Waals surface area contributed by atoms with Gasteiger partial charge in [-0.1, -0.05) is 48.0 Å². The minimum Gasteiger partial charge on any atom is -0.367 e. The summed E-state index contributed by atoms with van der Waals surface area (Å²) in [6, 6.07) is 16.7. The zero-order chi connectivity index (χ0) is 18.9. The molecule has 6 heteroatoms. The number of nitrogens with one attached hydrogen (secondary N) is 2. The summed E-state index contributed by atoms with van der Waals surface area (Å²) < 4.78 is 5.24. The van der Waals surface area contributed by atoms with E-state index < -0.39 is 12.0 Å². The zero-order valence-corrected chi connectivity index (χ0v) is 15.2. The number of carbonyl (C=O) groups excluding carboxylic acids is 2. The number of aryl methyl sites for hydroxylation is 1. The Kier molecular flexibility index (Phi) is 7.05. The molecule has 0 radical (unpaired) electrons. The van der Waals surface area contributed by atoms with Gasteiger partial charge in [-0.15, -0.1) is 0 Å². The Bertz CT molecular complexity index is 771. The molecule has 0 heterocycles. The van der Waals surface area contributed by atoms with Gasteiger partial charge in [0.05, 0.1) is 6.42 Å². The van der Waals surface area contributed by atoms with Gasteiger partial charge in [0, 0.05) is 18.5 Å². The van der Waals surface area contributed by atoms with Crippen LogP contribution in [0.25, 0.3) is 0 Å². The molecule has 0 aliphatic carbocycles. The second-order valence-electron chi connectivity index (χ2n) is 5.94. The molecule has 26 heavy (non-hydrogen) atoms. The number of benzene rings is 2. The van der Waals surface area contributed by atoms with Gasteiger partial charge in [0.15, 0.2) is 6.10 Å². The molecule has 0 aromatic heterocycles. The minimum absolute atomic E-state index is 0.0805. The molecule has 1 atom stereocenters. The van der Waals surface area contributed by atoms with Crippen molar-refractivity contribution in [3.8, 4) is 0 Å². The van der Waals surface area contributed by atoms with Crippen molar-refractivity contribution in [1.82, 2.24) is 5.43 Å². The van der Waals surface area contributed by atoms with Gasteiger partial charge in [-0.25, -0.2) is 5.43 Å². The first kappa shape index (κ1) is 19.3. The van der Waals surface area contributed by atoms with Gasteiger partial charge in [0.2, 0.25) is 5.91 Å². The van der Waals surface area contributed by atoms with Gasteiger partial charge in [0.25, 0.3) is 5.91 Å². The lowest BCUT2D eigenvalue weighted by Crippen LogP contribution is -2.28. The third kappa shape index (κ3) is 5.82. The Morgan fingerprint density at radius 3 is 2.35 bits per heavy atom. The number of hydrazone groups is 1. The van der Waals surface area contributed by atoms with E-state index in [0.29, 0.717) is 5.71 Å². The summed E-state index contributed by atoms with van der Waals surface area (Å²) in [6.07, 6.45) is -0.675. The zero-order valence-electron chi connectivity index (χ0n) is 15.2. The Morgan fingerprint density at radius 2 is 1.73 bits per heavy atom. The summed E-state index contributed by atoms with van der Waals surface area (Å²) in [7, 11) is 1.46. The summed E-state index contributed by atoms with van der Waals surface area (Å²) >= 11 is 0. The highest BCUT2D eigenvalue weighted by Crippen LogP contribution is 2.16. The molecule has 2 rings (SSSR count).